The Kier molecular flexibility index (Phi) is 6.26. The van der Waals surface area contributed by atoms with Gasteiger partial charge in [0, 0.05) is 19.0 Å². The fourth-order valence-corrected chi connectivity index (χ4v) is 3.19. The number of nitrogens with zero attached hydrogens (tertiary/aromatic N) is 2. The molecule has 0 bridgehead atoms. The molecule has 8 heteroatoms. The molecule has 1 atom stereocenters. The quantitative estimate of drug-likeness (QED) is 0.730. The maximum Gasteiger partial charge on any atom is 0.411 e. The van der Waals surface area contributed by atoms with Crippen LogP contribution in [0.1, 0.15) is 33.6 Å². The Bertz CT molecular complexity index is 511. The van der Waals surface area contributed by atoms with Crippen LogP contribution in [0.4, 0.5) is 4.79 Å². The number of amides is 2. The monoisotopic (exact) mass is 355 g/mol. The van der Waals surface area contributed by atoms with Crippen LogP contribution < -0.4 is 5.32 Å². The fraction of sp³-hybridized carbons (Fsp3) is 0.824. The van der Waals surface area contributed by atoms with Crippen molar-refractivity contribution in [1.82, 2.24) is 15.1 Å². The number of esters is 1. The standard InChI is InChI=1S/C17H29N3O5/c1-17(2,3)25-16(23)20-10-9-19(11-13(20)15(22)24-4)14(21)12-5-7-18-8-6-12/h12-13,18H,5-11H2,1-4H3. The van der Waals surface area contributed by atoms with Crippen molar-refractivity contribution in [3.05, 3.63) is 0 Å². The van der Waals surface area contributed by atoms with Crippen LogP contribution in [-0.4, -0.2) is 79.2 Å². The second kappa shape index (κ2) is 8.03. The van der Waals surface area contributed by atoms with Gasteiger partial charge < -0.3 is 19.7 Å². The third-order valence-electron chi connectivity index (χ3n) is 4.48. The molecule has 8 nitrogen and oxygen atoms in total. The van der Waals surface area contributed by atoms with E-state index in [2.05, 4.69) is 5.32 Å². The van der Waals surface area contributed by atoms with Gasteiger partial charge in [-0.3, -0.25) is 9.69 Å². The van der Waals surface area contributed by atoms with E-state index < -0.39 is 23.7 Å². The number of hydrogen-bond donors (Lipinski definition) is 1. The van der Waals surface area contributed by atoms with Gasteiger partial charge >= 0.3 is 12.1 Å². The summed E-state index contributed by atoms with van der Waals surface area (Å²) in [6.07, 6.45) is 1.04. The topological polar surface area (TPSA) is 88.2 Å². The first-order valence-corrected chi connectivity index (χ1v) is 8.80. The highest BCUT2D eigenvalue weighted by molar-refractivity contribution is 5.84. The Morgan fingerprint density at radius 3 is 2.28 bits per heavy atom. The molecule has 0 radical (unpaired) electrons. The summed E-state index contributed by atoms with van der Waals surface area (Å²) >= 11 is 0. The summed E-state index contributed by atoms with van der Waals surface area (Å²) in [5.41, 5.74) is -0.653. The minimum absolute atomic E-state index is 0.0207. The summed E-state index contributed by atoms with van der Waals surface area (Å²) in [7, 11) is 1.28. The largest absolute Gasteiger partial charge is 0.467 e. The Morgan fingerprint density at radius 2 is 1.72 bits per heavy atom. The van der Waals surface area contributed by atoms with E-state index in [1.165, 1.54) is 12.0 Å². The van der Waals surface area contributed by atoms with Crippen molar-refractivity contribution in [2.45, 2.75) is 45.3 Å². The van der Waals surface area contributed by atoms with Gasteiger partial charge in [-0.05, 0) is 46.7 Å². The molecule has 2 saturated heterocycles. The number of carbonyl (C=O) groups excluding carboxylic acids is 3. The zero-order valence-corrected chi connectivity index (χ0v) is 15.5. The Morgan fingerprint density at radius 1 is 1.08 bits per heavy atom. The van der Waals surface area contributed by atoms with Crippen molar-refractivity contribution in [3.63, 3.8) is 0 Å². The number of ether oxygens (including phenoxy) is 2. The molecule has 0 aliphatic carbocycles. The predicted octanol–water partition coefficient (Wildman–Crippen LogP) is 0.607. The van der Waals surface area contributed by atoms with Crippen LogP contribution in [-0.2, 0) is 19.1 Å². The number of nitrogens with one attached hydrogen (secondary N) is 1. The average molecular weight is 355 g/mol. The normalized spacial score (nSPS) is 22.5. The number of piperazine rings is 1. The van der Waals surface area contributed by atoms with E-state index in [0.717, 1.165) is 25.9 Å². The maximum atomic E-state index is 12.7. The lowest BCUT2D eigenvalue weighted by Gasteiger charge is -2.41. The first-order valence-electron chi connectivity index (χ1n) is 8.80. The minimum Gasteiger partial charge on any atom is -0.467 e. The summed E-state index contributed by atoms with van der Waals surface area (Å²) in [4.78, 5) is 40.3. The summed E-state index contributed by atoms with van der Waals surface area (Å²) in [5, 5.41) is 3.24. The van der Waals surface area contributed by atoms with Crippen LogP contribution in [0.25, 0.3) is 0 Å². The van der Waals surface area contributed by atoms with Crippen LogP contribution in [0.2, 0.25) is 0 Å². The average Bonchev–Trinajstić information content (AvgIpc) is 2.59. The van der Waals surface area contributed by atoms with Crippen LogP contribution >= 0.6 is 0 Å². The molecule has 0 aromatic carbocycles. The number of rotatable bonds is 2. The third kappa shape index (κ3) is 5.07. The summed E-state index contributed by atoms with van der Waals surface area (Å²) in [6.45, 7) is 7.78. The Balaban J connectivity index is 2.07. The molecule has 2 fully saturated rings. The van der Waals surface area contributed by atoms with Gasteiger partial charge in [0.1, 0.15) is 5.60 Å². The summed E-state index contributed by atoms with van der Waals surface area (Å²) in [6, 6.07) is -0.834. The number of hydrogen-bond acceptors (Lipinski definition) is 6. The molecule has 2 aliphatic rings. The molecule has 142 valence electrons. The van der Waals surface area contributed by atoms with Gasteiger partial charge in [0.05, 0.1) is 13.7 Å². The molecule has 1 N–H and O–H groups in total. The molecular formula is C17H29N3O5. The number of carbonyl (C=O) groups is 3. The molecule has 1 unspecified atom stereocenters. The summed E-state index contributed by atoms with van der Waals surface area (Å²) in [5.74, 6) is -0.500. The molecule has 0 spiro atoms. The van der Waals surface area contributed by atoms with Crippen molar-refractivity contribution in [2.75, 3.05) is 39.8 Å². The first-order chi connectivity index (χ1) is 11.7. The molecule has 2 amide bonds. The van der Waals surface area contributed by atoms with Gasteiger partial charge in [0.25, 0.3) is 0 Å². The van der Waals surface area contributed by atoms with Crippen molar-refractivity contribution in [2.24, 2.45) is 5.92 Å². The van der Waals surface area contributed by atoms with Crippen LogP contribution in [0.3, 0.4) is 0 Å². The van der Waals surface area contributed by atoms with E-state index in [0.29, 0.717) is 6.54 Å². The van der Waals surface area contributed by atoms with E-state index in [1.54, 1.807) is 25.7 Å². The smallest absolute Gasteiger partial charge is 0.411 e. The van der Waals surface area contributed by atoms with Gasteiger partial charge in [-0.2, -0.15) is 0 Å². The SMILES string of the molecule is COC(=O)C1CN(C(=O)C2CCNCC2)CCN1C(=O)OC(C)(C)C. The predicted molar refractivity (Wildman–Crippen MR) is 90.9 cm³/mol. The van der Waals surface area contributed by atoms with Gasteiger partial charge in [-0.1, -0.05) is 0 Å². The molecular weight excluding hydrogens is 326 g/mol. The molecule has 0 saturated carbocycles. The zero-order valence-electron chi connectivity index (χ0n) is 15.5. The fourth-order valence-electron chi connectivity index (χ4n) is 3.19. The molecule has 2 heterocycles. The van der Waals surface area contributed by atoms with E-state index >= 15 is 0 Å². The first kappa shape index (κ1) is 19.5. The Hall–Kier alpha value is -1.83. The van der Waals surface area contributed by atoms with Crippen molar-refractivity contribution >= 4 is 18.0 Å². The van der Waals surface area contributed by atoms with E-state index in [-0.39, 0.29) is 24.9 Å². The molecule has 2 aliphatic heterocycles. The van der Waals surface area contributed by atoms with Crippen LogP contribution in [0, 0.1) is 5.92 Å². The lowest BCUT2D eigenvalue weighted by molar-refractivity contribution is -0.152. The van der Waals surface area contributed by atoms with Crippen molar-refractivity contribution < 1.29 is 23.9 Å². The molecule has 0 aromatic rings. The molecule has 25 heavy (non-hydrogen) atoms. The Labute approximate surface area is 148 Å². The minimum atomic E-state index is -0.834. The van der Waals surface area contributed by atoms with Gasteiger partial charge in [0.15, 0.2) is 6.04 Å². The van der Waals surface area contributed by atoms with E-state index in [9.17, 15) is 14.4 Å². The highest BCUT2D eigenvalue weighted by atomic mass is 16.6. The van der Waals surface area contributed by atoms with E-state index in [4.69, 9.17) is 9.47 Å². The summed E-state index contributed by atoms with van der Waals surface area (Å²) < 4.78 is 10.2. The maximum absolute atomic E-state index is 12.7. The van der Waals surface area contributed by atoms with Crippen molar-refractivity contribution in [1.29, 1.82) is 0 Å². The van der Waals surface area contributed by atoms with E-state index in [1.807, 2.05) is 0 Å². The molecule has 2 rings (SSSR count). The van der Waals surface area contributed by atoms with Crippen molar-refractivity contribution in [3.8, 4) is 0 Å². The zero-order chi connectivity index (χ0) is 18.6. The second-order valence-electron chi connectivity index (χ2n) is 7.52. The molecule has 0 aromatic heterocycles. The highest BCUT2D eigenvalue weighted by Gasteiger charge is 2.40. The highest BCUT2D eigenvalue weighted by Crippen LogP contribution is 2.21. The number of methoxy groups -OCH3 is 1. The lowest BCUT2D eigenvalue weighted by Crippen LogP contribution is -2.61. The van der Waals surface area contributed by atoms with Crippen LogP contribution in [0.5, 0.6) is 0 Å². The lowest BCUT2D eigenvalue weighted by atomic mass is 9.96. The van der Waals surface area contributed by atoms with Gasteiger partial charge in [-0.15, -0.1) is 0 Å². The second-order valence-corrected chi connectivity index (χ2v) is 7.52. The van der Waals surface area contributed by atoms with Gasteiger partial charge in [-0.25, -0.2) is 9.59 Å². The van der Waals surface area contributed by atoms with Gasteiger partial charge in [0.2, 0.25) is 5.91 Å². The number of piperidine rings is 1. The third-order valence-corrected chi connectivity index (χ3v) is 4.48. The van der Waals surface area contributed by atoms with Crippen LogP contribution in [0.15, 0.2) is 0 Å².